The molecule has 4 nitrogen and oxygen atoms in total. The van der Waals surface area contributed by atoms with Crippen LogP contribution in [0.15, 0.2) is 17.0 Å². The maximum atomic E-state index is 14.0. The fraction of sp³-hybridized carbons (Fsp3) is 0.571. The quantitative estimate of drug-likeness (QED) is 0.826. The van der Waals surface area contributed by atoms with E-state index in [4.69, 9.17) is 4.74 Å². The highest BCUT2D eigenvalue weighted by molar-refractivity contribution is 7.92. The Kier molecular flexibility index (Phi) is 3.83. The average molecular weight is 354 g/mol. The van der Waals surface area contributed by atoms with Crippen molar-refractivity contribution < 1.29 is 35.8 Å². The Morgan fingerprint density at radius 3 is 2.48 bits per heavy atom. The second-order valence-corrected chi connectivity index (χ2v) is 7.74. The monoisotopic (exact) mass is 354 g/mol. The number of aliphatic hydroxyl groups excluding tert-OH is 1. The van der Waals surface area contributed by atoms with Gasteiger partial charge in [-0.25, -0.2) is 17.2 Å². The van der Waals surface area contributed by atoms with Crippen LogP contribution in [0.4, 0.5) is 17.6 Å². The lowest BCUT2D eigenvalue weighted by atomic mass is 9.94. The van der Waals surface area contributed by atoms with Crippen LogP contribution >= 0.6 is 0 Å². The van der Waals surface area contributed by atoms with Gasteiger partial charge in [-0.1, -0.05) is 0 Å². The molecule has 9 heteroatoms. The number of hydrogen-bond donors (Lipinski definition) is 1. The molecule has 1 aliphatic heterocycles. The van der Waals surface area contributed by atoms with Gasteiger partial charge in [-0.05, 0) is 36.5 Å². The fourth-order valence-electron chi connectivity index (χ4n) is 2.73. The predicted molar refractivity (Wildman–Crippen MR) is 71.6 cm³/mol. The van der Waals surface area contributed by atoms with E-state index in [1.54, 1.807) is 0 Å². The van der Waals surface area contributed by atoms with Gasteiger partial charge in [0.1, 0.15) is 5.75 Å². The van der Waals surface area contributed by atoms with E-state index in [0.29, 0.717) is 0 Å². The van der Waals surface area contributed by atoms with Gasteiger partial charge in [0, 0.05) is 0 Å². The van der Waals surface area contributed by atoms with Crippen molar-refractivity contribution in [1.29, 1.82) is 0 Å². The van der Waals surface area contributed by atoms with Crippen molar-refractivity contribution in [2.45, 2.75) is 35.3 Å². The van der Waals surface area contributed by atoms with Gasteiger partial charge in [-0.15, -0.1) is 0 Å². The molecular weight excluding hydrogens is 340 g/mol. The minimum atomic E-state index is -5.12. The number of alkyl halides is 4. The molecule has 1 fully saturated rings. The van der Waals surface area contributed by atoms with Crippen molar-refractivity contribution in [3.63, 3.8) is 0 Å². The van der Waals surface area contributed by atoms with Crippen LogP contribution in [-0.2, 0) is 9.84 Å². The molecule has 0 bridgehead atoms. The molecule has 1 heterocycles. The lowest BCUT2D eigenvalue weighted by Gasteiger charge is -2.19. The topological polar surface area (TPSA) is 63.6 Å². The molecule has 3 rings (SSSR count). The zero-order chi connectivity index (χ0) is 17.0. The molecule has 1 unspecified atom stereocenters. The zero-order valence-corrected chi connectivity index (χ0v) is 12.6. The Morgan fingerprint density at radius 2 is 1.96 bits per heavy atom. The van der Waals surface area contributed by atoms with E-state index in [1.807, 2.05) is 0 Å². The van der Waals surface area contributed by atoms with Crippen molar-refractivity contribution in [3.05, 3.63) is 23.3 Å². The van der Waals surface area contributed by atoms with Gasteiger partial charge in [0.05, 0.1) is 29.6 Å². The second kappa shape index (κ2) is 5.34. The van der Waals surface area contributed by atoms with Gasteiger partial charge in [0.2, 0.25) is 9.84 Å². The largest absolute Gasteiger partial charge is 0.493 e. The lowest BCUT2D eigenvalue weighted by Crippen LogP contribution is -2.31. The van der Waals surface area contributed by atoms with E-state index < -0.39 is 50.1 Å². The number of fused-ring (bicyclic) bond motifs is 1. The first-order chi connectivity index (χ1) is 10.7. The minimum absolute atomic E-state index is 0.172. The summed E-state index contributed by atoms with van der Waals surface area (Å²) in [6.07, 6.45) is -1.39. The third-order valence-corrected chi connectivity index (χ3v) is 6.12. The van der Waals surface area contributed by atoms with Gasteiger partial charge >= 0.3 is 5.25 Å². The van der Waals surface area contributed by atoms with E-state index in [0.717, 1.165) is 25.0 Å². The van der Waals surface area contributed by atoms with Gasteiger partial charge in [-0.2, -0.15) is 8.78 Å². The Bertz CT molecular complexity index is 729. The maximum Gasteiger partial charge on any atom is 0.358 e. The summed E-state index contributed by atoms with van der Waals surface area (Å²) in [5.74, 6) is -2.29. The molecule has 0 spiro atoms. The summed E-state index contributed by atoms with van der Waals surface area (Å²) in [7, 11) is -5.12. The fourth-order valence-corrected chi connectivity index (χ4v) is 4.38. The molecule has 1 aromatic rings. The van der Waals surface area contributed by atoms with E-state index >= 15 is 0 Å². The molecule has 0 radical (unpaired) electrons. The SMILES string of the molecule is O=S1(=O)c2ccc(OCC3CC3)c(C(F)F)c2C(CO)C1(F)F. The molecule has 1 saturated carbocycles. The van der Waals surface area contributed by atoms with Crippen molar-refractivity contribution in [1.82, 2.24) is 0 Å². The lowest BCUT2D eigenvalue weighted by molar-refractivity contribution is 0.0396. The summed E-state index contributed by atoms with van der Waals surface area (Å²) in [6, 6.07) is 1.83. The molecule has 2 aliphatic rings. The van der Waals surface area contributed by atoms with E-state index in [-0.39, 0.29) is 18.3 Å². The summed E-state index contributed by atoms with van der Waals surface area (Å²) in [5, 5.41) is 4.85. The van der Waals surface area contributed by atoms with E-state index in [2.05, 4.69) is 0 Å². The minimum Gasteiger partial charge on any atom is -0.493 e. The molecule has 23 heavy (non-hydrogen) atoms. The van der Waals surface area contributed by atoms with Crippen molar-refractivity contribution in [2.24, 2.45) is 5.92 Å². The third kappa shape index (κ3) is 2.40. The second-order valence-electron chi connectivity index (χ2n) is 5.74. The summed E-state index contributed by atoms with van der Waals surface area (Å²) in [5.41, 5.74) is -1.61. The van der Waals surface area contributed by atoms with Crippen LogP contribution in [0.3, 0.4) is 0 Å². The Balaban J connectivity index is 2.16. The van der Waals surface area contributed by atoms with Crippen LogP contribution < -0.4 is 4.74 Å². The molecule has 1 N–H and O–H groups in total. The number of sulfone groups is 1. The van der Waals surface area contributed by atoms with Crippen LogP contribution in [0, 0.1) is 5.92 Å². The third-order valence-electron chi connectivity index (χ3n) is 4.18. The highest BCUT2D eigenvalue weighted by Crippen LogP contribution is 2.54. The van der Waals surface area contributed by atoms with Gasteiger partial charge < -0.3 is 9.84 Å². The Hall–Kier alpha value is -1.35. The van der Waals surface area contributed by atoms with Gasteiger partial charge in [0.15, 0.2) is 0 Å². The number of aliphatic hydroxyl groups is 1. The van der Waals surface area contributed by atoms with Crippen LogP contribution in [0.25, 0.3) is 0 Å². The maximum absolute atomic E-state index is 14.0. The Morgan fingerprint density at radius 1 is 1.30 bits per heavy atom. The molecule has 0 amide bonds. The number of rotatable bonds is 5. The van der Waals surface area contributed by atoms with Crippen LogP contribution in [-0.4, -0.2) is 32.0 Å². The molecule has 0 aromatic heterocycles. The normalized spacial score (nSPS) is 24.7. The number of benzene rings is 1. The summed E-state index contributed by atoms with van der Waals surface area (Å²) in [4.78, 5) is -0.865. The summed E-state index contributed by atoms with van der Waals surface area (Å²) in [6.45, 7) is -1.09. The zero-order valence-electron chi connectivity index (χ0n) is 11.8. The van der Waals surface area contributed by atoms with E-state index in [1.165, 1.54) is 0 Å². The highest BCUT2D eigenvalue weighted by Gasteiger charge is 2.61. The molecule has 1 atom stereocenters. The molecule has 1 aliphatic carbocycles. The van der Waals surface area contributed by atoms with Gasteiger partial charge in [0.25, 0.3) is 6.43 Å². The van der Waals surface area contributed by atoms with Gasteiger partial charge in [-0.3, -0.25) is 0 Å². The molecule has 0 saturated heterocycles. The van der Waals surface area contributed by atoms with E-state index in [9.17, 15) is 31.1 Å². The standard InChI is InChI=1S/C14H14F4O4S/c15-13(16)12-9(22-6-7-1-2-7)3-4-10-11(12)8(5-19)14(17,18)23(10,20)21/h3-4,7-8,13,19H,1-2,5-6H2. The molecule has 1 aromatic carbocycles. The number of hydrogen-bond acceptors (Lipinski definition) is 4. The smallest absolute Gasteiger partial charge is 0.358 e. The number of halogens is 4. The van der Waals surface area contributed by atoms with Crippen molar-refractivity contribution in [3.8, 4) is 5.75 Å². The van der Waals surface area contributed by atoms with Crippen LogP contribution in [0.5, 0.6) is 5.75 Å². The predicted octanol–water partition coefficient (Wildman–Crippen LogP) is 2.87. The van der Waals surface area contributed by atoms with Crippen LogP contribution in [0.1, 0.15) is 36.3 Å². The first kappa shape index (κ1) is 16.5. The molecular formula is C14H14F4O4S. The average Bonchev–Trinajstić information content (AvgIpc) is 3.26. The van der Waals surface area contributed by atoms with Crippen molar-refractivity contribution in [2.75, 3.05) is 13.2 Å². The molecule has 128 valence electrons. The number of ether oxygens (including phenoxy) is 1. The summed E-state index contributed by atoms with van der Waals surface area (Å²) < 4.78 is 84.0. The Labute approximate surface area is 130 Å². The highest BCUT2D eigenvalue weighted by atomic mass is 32.2. The van der Waals surface area contributed by atoms with Crippen LogP contribution in [0.2, 0.25) is 0 Å². The first-order valence-electron chi connectivity index (χ1n) is 7.02. The van der Waals surface area contributed by atoms with Crippen molar-refractivity contribution >= 4 is 9.84 Å². The first-order valence-corrected chi connectivity index (χ1v) is 8.51. The summed E-state index contributed by atoms with van der Waals surface area (Å²) >= 11 is 0.